The van der Waals surface area contributed by atoms with E-state index in [0.29, 0.717) is 5.16 Å². The van der Waals surface area contributed by atoms with E-state index in [9.17, 15) is 4.79 Å². The Balaban J connectivity index is 2.43. The lowest BCUT2D eigenvalue weighted by Crippen LogP contribution is -2.05. The molecule has 0 bridgehead atoms. The zero-order valence-electron chi connectivity index (χ0n) is 11.8. The van der Waals surface area contributed by atoms with Gasteiger partial charge in [-0.2, -0.15) is 0 Å². The summed E-state index contributed by atoms with van der Waals surface area (Å²) in [6.07, 6.45) is 0.929. The van der Waals surface area contributed by atoms with E-state index >= 15 is 0 Å². The molecule has 1 aromatic carbocycles. The smallest absolute Gasteiger partial charge is 0.313 e. The lowest BCUT2D eigenvalue weighted by atomic mass is 10.1. The molecule has 7 heteroatoms. The first kappa shape index (κ1) is 16.0. The van der Waals surface area contributed by atoms with Crippen LogP contribution in [0.25, 0.3) is 11.4 Å². The van der Waals surface area contributed by atoms with Gasteiger partial charge in [-0.25, -0.2) is 0 Å². The van der Waals surface area contributed by atoms with Crippen LogP contribution in [-0.4, -0.2) is 31.6 Å². The van der Waals surface area contributed by atoms with Crippen LogP contribution in [0, 0.1) is 6.92 Å². The molecule has 1 N–H and O–H groups in total. The van der Waals surface area contributed by atoms with Crippen LogP contribution in [0.4, 0.5) is 0 Å². The van der Waals surface area contributed by atoms with E-state index in [0.717, 1.165) is 34.4 Å². The molecule has 2 aromatic rings. The molecule has 2 rings (SSSR count). The molecule has 21 heavy (non-hydrogen) atoms. The number of hydrogen-bond donors (Lipinski definition) is 1. The van der Waals surface area contributed by atoms with Gasteiger partial charge >= 0.3 is 5.97 Å². The number of hydrogen-bond acceptors (Lipinski definition) is 4. The molecular formula is C14H16BrN3O2S. The molecule has 0 saturated heterocycles. The summed E-state index contributed by atoms with van der Waals surface area (Å²) in [6.45, 7) is 4.86. The van der Waals surface area contributed by atoms with Crippen molar-refractivity contribution in [2.24, 2.45) is 0 Å². The first-order chi connectivity index (χ1) is 10.0. The van der Waals surface area contributed by atoms with Crippen LogP contribution in [0.5, 0.6) is 0 Å². The SMILES string of the molecule is CCCn1c(SCC(=O)O)nnc1-c1cccc(Br)c1C. The zero-order valence-corrected chi connectivity index (χ0v) is 14.2. The molecule has 5 nitrogen and oxygen atoms in total. The first-order valence-electron chi connectivity index (χ1n) is 6.57. The normalized spacial score (nSPS) is 10.8. The van der Waals surface area contributed by atoms with Gasteiger partial charge in [0.2, 0.25) is 0 Å². The summed E-state index contributed by atoms with van der Waals surface area (Å²) in [4.78, 5) is 10.7. The molecule has 0 spiro atoms. The van der Waals surface area contributed by atoms with Gasteiger partial charge in [-0.15, -0.1) is 10.2 Å². The average molecular weight is 370 g/mol. The quantitative estimate of drug-likeness (QED) is 0.787. The Labute approximate surface area is 135 Å². The number of benzene rings is 1. The summed E-state index contributed by atoms with van der Waals surface area (Å²) in [5, 5.41) is 17.9. The van der Waals surface area contributed by atoms with E-state index in [1.165, 1.54) is 11.8 Å². The minimum atomic E-state index is -0.855. The van der Waals surface area contributed by atoms with Gasteiger partial charge in [0, 0.05) is 16.6 Å². The summed E-state index contributed by atoms with van der Waals surface area (Å²) >= 11 is 4.72. The van der Waals surface area contributed by atoms with Crippen molar-refractivity contribution < 1.29 is 9.90 Å². The third-order valence-corrected chi connectivity index (χ3v) is 4.81. The van der Waals surface area contributed by atoms with Gasteiger partial charge in [0.05, 0.1) is 5.75 Å². The van der Waals surface area contributed by atoms with Crippen molar-refractivity contribution in [3.63, 3.8) is 0 Å². The van der Waals surface area contributed by atoms with Crippen LogP contribution in [0.15, 0.2) is 27.8 Å². The van der Waals surface area contributed by atoms with Gasteiger partial charge in [-0.05, 0) is 25.0 Å². The third kappa shape index (κ3) is 3.65. The first-order valence-corrected chi connectivity index (χ1v) is 8.35. The van der Waals surface area contributed by atoms with Crippen LogP contribution in [-0.2, 0) is 11.3 Å². The Hall–Kier alpha value is -1.34. The molecule has 1 aromatic heterocycles. The molecule has 1 heterocycles. The molecule has 0 aliphatic carbocycles. The maximum atomic E-state index is 10.7. The fourth-order valence-electron chi connectivity index (χ4n) is 2.00. The largest absolute Gasteiger partial charge is 0.481 e. The van der Waals surface area contributed by atoms with E-state index in [1.54, 1.807) is 0 Å². The maximum absolute atomic E-state index is 10.7. The number of thioether (sulfide) groups is 1. The van der Waals surface area contributed by atoms with E-state index in [4.69, 9.17) is 5.11 Å². The Morgan fingerprint density at radius 1 is 1.43 bits per heavy atom. The van der Waals surface area contributed by atoms with Crippen molar-refractivity contribution in [3.8, 4) is 11.4 Å². The third-order valence-electron chi connectivity index (χ3n) is 3.00. The second kappa shape index (κ2) is 7.09. The monoisotopic (exact) mass is 369 g/mol. The van der Waals surface area contributed by atoms with Crippen LogP contribution in [0.3, 0.4) is 0 Å². The molecule has 0 aliphatic heterocycles. The van der Waals surface area contributed by atoms with Crippen LogP contribution in [0.1, 0.15) is 18.9 Å². The summed E-state index contributed by atoms with van der Waals surface area (Å²) in [6, 6.07) is 5.95. The van der Waals surface area contributed by atoms with Crippen molar-refractivity contribution in [1.82, 2.24) is 14.8 Å². The fraction of sp³-hybridized carbons (Fsp3) is 0.357. The highest BCUT2D eigenvalue weighted by Gasteiger charge is 2.17. The number of carboxylic acids is 1. The van der Waals surface area contributed by atoms with Gasteiger partial charge in [0.25, 0.3) is 0 Å². The second-order valence-corrected chi connectivity index (χ2v) is 6.35. The Kier molecular flexibility index (Phi) is 5.41. The standard InChI is InChI=1S/C14H16BrN3O2S/c1-3-7-18-13(10-5-4-6-11(15)9(10)2)16-17-14(18)21-8-12(19)20/h4-6H,3,7-8H2,1-2H3,(H,19,20). The fourth-order valence-corrected chi connectivity index (χ4v) is 3.05. The number of aliphatic carboxylic acids is 1. The molecular weight excluding hydrogens is 354 g/mol. The molecule has 0 fully saturated rings. The maximum Gasteiger partial charge on any atom is 0.313 e. The number of halogens is 1. The summed E-state index contributed by atoms with van der Waals surface area (Å²) < 4.78 is 3.01. The predicted molar refractivity (Wildman–Crippen MR) is 86.5 cm³/mol. The van der Waals surface area contributed by atoms with E-state index in [2.05, 4.69) is 33.1 Å². The van der Waals surface area contributed by atoms with Gasteiger partial charge in [-0.3, -0.25) is 4.79 Å². The van der Waals surface area contributed by atoms with Crippen molar-refractivity contribution in [1.29, 1.82) is 0 Å². The number of carboxylic acid groups (broad SMARTS) is 1. The molecule has 0 aliphatic rings. The summed E-state index contributed by atoms with van der Waals surface area (Å²) in [5.41, 5.74) is 2.10. The molecule has 0 saturated carbocycles. The van der Waals surface area contributed by atoms with E-state index < -0.39 is 5.97 Å². The van der Waals surface area contributed by atoms with Crippen molar-refractivity contribution >= 4 is 33.7 Å². The lowest BCUT2D eigenvalue weighted by Gasteiger charge is -2.11. The highest BCUT2D eigenvalue weighted by atomic mass is 79.9. The number of aromatic nitrogens is 3. The minimum Gasteiger partial charge on any atom is -0.481 e. The van der Waals surface area contributed by atoms with Gasteiger partial charge in [0.1, 0.15) is 0 Å². The molecule has 0 radical (unpaired) electrons. The second-order valence-electron chi connectivity index (χ2n) is 4.55. The number of rotatable bonds is 6. The topological polar surface area (TPSA) is 68.0 Å². The molecule has 112 valence electrons. The minimum absolute atomic E-state index is 0.0146. The lowest BCUT2D eigenvalue weighted by molar-refractivity contribution is -0.133. The van der Waals surface area contributed by atoms with Crippen molar-refractivity contribution in [3.05, 3.63) is 28.2 Å². The Morgan fingerprint density at radius 3 is 2.86 bits per heavy atom. The summed E-state index contributed by atoms with van der Waals surface area (Å²) in [7, 11) is 0. The highest BCUT2D eigenvalue weighted by molar-refractivity contribution is 9.10. The van der Waals surface area contributed by atoms with Crippen LogP contribution >= 0.6 is 27.7 Å². The van der Waals surface area contributed by atoms with Crippen molar-refractivity contribution in [2.75, 3.05) is 5.75 Å². The molecule has 0 atom stereocenters. The van der Waals surface area contributed by atoms with E-state index in [1.807, 2.05) is 29.7 Å². The average Bonchev–Trinajstić information content (AvgIpc) is 2.83. The van der Waals surface area contributed by atoms with Crippen LogP contribution < -0.4 is 0 Å². The zero-order chi connectivity index (χ0) is 15.4. The number of carbonyl (C=O) groups is 1. The van der Waals surface area contributed by atoms with E-state index in [-0.39, 0.29) is 5.75 Å². The summed E-state index contributed by atoms with van der Waals surface area (Å²) in [5.74, 6) is -0.0889. The van der Waals surface area contributed by atoms with Crippen LogP contribution in [0.2, 0.25) is 0 Å². The van der Waals surface area contributed by atoms with Gasteiger partial charge < -0.3 is 9.67 Å². The van der Waals surface area contributed by atoms with Gasteiger partial charge in [-0.1, -0.05) is 46.7 Å². The highest BCUT2D eigenvalue weighted by Crippen LogP contribution is 2.30. The molecule has 0 unspecified atom stereocenters. The predicted octanol–water partition coefficient (Wildman–Crippen LogP) is 3.60. The Bertz CT molecular complexity index is 658. The molecule has 0 amide bonds. The van der Waals surface area contributed by atoms with Gasteiger partial charge in [0.15, 0.2) is 11.0 Å². The Morgan fingerprint density at radius 2 is 2.19 bits per heavy atom. The van der Waals surface area contributed by atoms with Crippen molar-refractivity contribution in [2.45, 2.75) is 32.0 Å². The number of nitrogens with zero attached hydrogens (tertiary/aromatic N) is 3.